The average molecular weight is 202 g/mol. The molecular formula is C7H10N2O5. The lowest BCUT2D eigenvalue weighted by molar-refractivity contribution is -0.565. The van der Waals surface area contributed by atoms with E-state index in [-0.39, 0.29) is 0 Å². The van der Waals surface area contributed by atoms with E-state index in [9.17, 15) is 19.8 Å². The minimum atomic E-state index is -1.67. The number of carbonyl (C=O) groups is 1. The molecule has 0 aliphatic carbocycles. The van der Waals surface area contributed by atoms with Gasteiger partial charge in [0.05, 0.1) is 0 Å². The monoisotopic (exact) mass is 202 g/mol. The first-order valence-electron chi connectivity index (χ1n) is 3.69. The van der Waals surface area contributed by atoms with Crippen molar-refractivity contribution in [3.05, 3.63) is 27.7 Å². The fourth-order valence-electron chi connectivity index (χ4n) is 0.581. The highest BCUT2D eigenvalue weighted by Crippen LogP contribution is 2.10. The molecule has 0 saturated heterocycles. The van der Waals surface area contributed by atoms with Crippen LogP contribution in [0.5, 0.6) is 0 Å². The zero-order chi connectivity index (χ0) is 11.2. The van der Waals surface area contributed by atoms with Crippen molar-refractivity contribution in [2.75, 3.05) is 13.2 Å². The summed E-state index contributed by atoms with van der Waals surface area (Å²) in [4.78, 5) is 30.3. The van der Waals surface area contributed by atoms with E-state index in [1.807, 2.05) is 0 Å². The van der Waals surface area contributed by atoms with Gasteiger partial charge in [0.1, 0.15) is 0 Å². The van der Waals surface area contributed by atoms with Crippen LogP contribution in [0, 0.1) is 15.0 Å². The topological polar surface area (TPSA) is 98.9 Å². The van der Waals surface area contributed by atoms with E-state index >= 15 is 0 Å². The Labute approximate surface area is 79.9 Å². The van der Waals surface area contributed by atoms with Gasteiger partial charge < -0.3 is 4.74 Å². The van der Waals surface area contributed by atoms with Gasteiger partial charge in [-0.2, -0.15) is 4.91 Å². The average Bonchev–Trinajstić information content (AvgIpc) is 2.14. The van der Waals surface area contributed by atoms with Gasteiger partial charge in [0.15, 0.2) is 13.2 Å². The van der Waals surface area contributed by atoms with Gasteiger partial charge in [-0.3, -0.25) is 10.1 Å². The Hall–Kier alpha value is -1.79. The van der Waals surface area contributed by atoms with Crippen molar-refractivity contribution in [3.63, 3.8) is 0 Å². The lowest BCUT2D eigenvalue weighted by Crippen LogP contribution is -2.43. The molecule has 0 rings (SSSR count). The molecule has 78 valence electrons. The maximum Gasteiger partial charge on any atom is 0.330 e. The first-order chi connectivity index (χ1) is 6.46. The molecule has 0 aromatic heterocycles. The third kappa shape index (κ3) is 3.30. The molecule has 0 aliphatic heterocycles. The van der Waals surface area contributed by atoms with Crippen molar-refractivity contribution >= 4 is 5.97 Å². The van der Waals surface area contributed by atoms with Crippen LogP contribution in [0.2, 0.25) is 0 Å². The minimum Gasteiger partial charge on any atom is -0.455 e. The van der Waals surface area contributed by atoms with Crippen LogP contribution < -0.4 is 0 Å². The van der Waals surface area contributed by atoms with E-state index in [0.29, 0.717) is 0 Å². The third-order valence-electron chi connectivity index (χ3n) is 1.54. The first-order valence-corrected chi connectivity index (χ1v) is 3.69. The summed E-state index contributed by atoms with van der Waals surface area (Å²) in [6.45, 7) is 3.24. The number of hydrogen-bond donors (Lipinski definition) is 0. The molecule has 0 aromatic carbocycles. The molecule has 0 saturated carbocycles. The van der Waals surface area contributed by atoms with E-state index in [4.69, 9.17) is 0 Å². The molecule has 0 heterocycles. The number of carbonyl (C=O) groups excluding carboxylic acids is 1. The predicted octanol–water partition coefficient (Wildman–Crippen LogP) is 0.517. The highest BCUT2D eigenvalue weighted by atomic mass is 16.6. The second-order valence-electron chi connectivity index (χ2n) is 2.85. The van der Waals surface area contributed by atoms with E-state index in [0.717, 1.165) is 6.08 Å². The van der Waals surface area contributed by atoms with Crippen LogP contribution in [0.3, 0.4) is 0 Å². The Morgan fingerprint density at radius 3 is 2.71 bits per heavy atom. The summed E-state index contributed by atoms with van der Waals surface area (Å²) < 4.78 is 4.47. The molecule has 14 heavy (non-hydrogen) atoms. The standard InChI is InChI=1S/C7H10N2O5/c1-3-6(10)14-5-7(2,4-8-11)9(12)13/h3H,1,4-5H2,2H3. The maximum absolute atomic E-state index is 10.6. The molecule has 7 heteroatoms. The van der Waals surface area contributed by atoms with Gasteiger partial charge in [-0.1, -0.05) is 11.8 Å². The predicted molar refractivity (Wildman–Crippen MR) is 47.2 cm³/mol. The number of hydrogen-bond acceptors (Lipinski definition) is 6. The van der Waals surface area contributed by atoms with Crippen LogP contribution in [0.4, 0.5) is 0 Å². The molecule has 1 atom stereocenters. The number of nitroso groups, excluding NO2 is 1. The summed E-state index contributed by atoms with van der Waals surface area (Å²) in [6, 6.07) is 0. The van der Waals surface area contributed by atoms with Gasteiger partial charge in [0.2, 0.25) is 0 Å². The molecule has 0 amide bonds. The Morgan fingerprint density at radius 1 is 1.79 bits per heavy atom. The number of nitro groups is 1. The van der Waals surface area contributed by atoms with Crippen molar-refractivity contribution in [1.82, 2.24) is 0 Å². The Bertz CT molecular complexity index is 265. The summed E-state index contributed by atoms with van der Waals surface area (Å²) in [5.74, 6) is -0.774. The molecule has 0 spiro atoms. The van der Waals surface area contributed by atoms with E-state index in [1.54, 1.807) is 0 Å². The highest BCUT2D eigenvalue weighted by Gasteiger charge is 2.39. The summed E-state index contributed by atoms with van der Waals surface area (Å²) in [7, 11) is 0. The second kappa shape index (κ2) is 5.05. The molecule has 0 radical (unpaired) electrons. The second-order valence-corrected chi connectivity index (χ2v) is 2.85. The molecule has 0 N–H and O–H groups in total. The fraction of sp³-hybridized carbons (Fsp3) is 0.571. The van der Waals surface area contributed by atoms with Crippen LogP contribution in [0.1, 0.15) is 6.92 Å². The van der Waals surface area contributed by atoms with Gasteiger partial charge in [-0.05, 0) is 0 Å². The first kappa shape index (κ1) is 12.2. The quantitative estimate of drug-likeness (QED) is 0.205. The van der Waals surface area contributed by atoms with E-state index < -0.39 is 29.6 Å². The Kier molecular flexibility index (Phi) is 4.41. The largest absolute Gasteiger partial charge is 0.455 e. The molecular weight excluding hydrogens is 192 g/mol. The van der Waals surface area contributed by atoms with Gasteiger partial charge in [-0.25, -0.2) is 4.79 Å². The van der Waals surface area contributed by atoms with Gasteiger partial charge >= 0.3 is 5.97 Å². The summed E-state index contributed by atoms with van der Waals surface area (Å²) in [6.07, 6.45) is 0.884. The summed E-state index contributed by atoms with van der Waals surface area (Å²) >= 11 is 0. The summed E-state index contributed by atoms with van der Waals surface area (Å²) in [5, 5.41) is 12.9. The molecule has 0 bridgehead atoms. The number of rotatable bonds is 6. The van der Waals surface area contributed by atoms with Crippen molar-refractivity contribution < 1.29 is 14.5 Å². The zero-order valence-electron chi connectivity index (χ0n) is 7.63. The zero-order valence-corrected chi connectivity index (χ0v) is 7.63. The van der Waals surface area contributed by atoms with Crippen LogP contribution in [0.25, 0.3) is 0 Å². The van der Waals surface area contributed by atoms with Crippen LogP contribution in [-0.2, 0) is 9.53 Å². The maximum atomic E-state index is 10.6. The minimum absolute atomic E-state index is 0.503. The molecule has 0 fully saturated rings. The molecule has 1 unspecified atom stereocenters. The molecule has 0 aromatic rings. The van der Waals surface area contributed by atoms with Crippen LogP contribution >= 0.6 is 0 Å². The van der Waals surface area contributed by atoms with Crippen molar-refractivity contribution in [1.29, 1.82) is 0 Å². The van der Waals surface area contributed by atoms with Crippen LogP contribution in [-0.4, -0.2) is 29.6 Å². The van der Waals surface area contributed by atoms with Crippen molar-refractivity contribution in [2.45, 2.75) is 12.5 Å². The lowest BCUT2D eigenvalue weighted by Gasteiger charge is -2.16. The highest BCUT2D eigenvalue weighted by molar-refractivity contribution is 5.81. The third-order valence-corrected chi connectivity index (χ3v) is 1.54. The SMILES string of the molecule is C=CC(=O)OCC(C)(CN=O)[N+](=O)[O-]. The van der Waals surface area contributed by atoms with Gasteiger partial charge in [0.25, 0.3) is 5.54 Å². The normalized spacial score (nSPS) is 13.8. The molecule has 0 aliphatic rings. The van der Waals surface area contributed by atoms with E-state index in [2.05, 4.69) is 16.5 Å². The smallest absolute Gasteiger partial charge is 0.330 e. The fourth-order valence-corrected chi connectivity index (χ4v) is 0.581. The Balaban J connectivity index is 4.37. The van der Waals surface area contributed by atoms with Crippen molar-refractivity contribution in [2.24, 2.45) is 5.18 Å². The van der Waals surface area contributed by atoms with E-state index in [1.165, 1.54) is 6.92 Å². The van der Waals surface area contributed by atoms with Crippen molar-refractivity contribution in [3.8, 4) is 0 Å². The Morgan fingerprint density at radius 2 is 2.36 bits per heavy atom. The number of ether oxygens (including phenoxy) is 1. The molecule has 7 nitrogen and oxygen atoms in total. The van der Waals surface area contributed by atoms with Gasteiger partial charge in [-0.15, -0.1) is 0 Å². The summed E-state index contributed by atoms with van der Waals surface area (Å²) in [5.41, 5.74) is -1.67. The lowest BCUT2D eigenvalue weighted by atomic mass is 10.1. The van der Waals surface area contributed by atoms with Gasteiger partial charge in [0, 0.05) is 17.9 Å². The number of nitrogens with zero attached hydrogens (tertiary/aromatic N) is 2. The number of esters is 1. The van der Waals surface area contributed by atoms with Crippen LogP contribution in [0.15, 0.2) is 17.8 Å².